The number of likely N-dealkylation sites (N-methyl/N-ethyl adjacent to an activating group) is 1. The van der Waals surface area contributed by atoms with E-state index in [1.165, 1.54) is 31.9 Å². The zero-order valence-electron chi connectivity index (χ0n) is 36.7. The van der Waals surface area contributed by atoms with E-state index < -0.39 is 101 Å². The predicted octanol–water partition coefficient (Wildman–Crippen LogP) is 6.18. The van der Waals surface area contributed by atoms with E-state index in [0.717, 1.165) is 11.5 Å². The maximum absolute atomic E-state index is 16.9. The highest BCUT2D eigenvalue weighted by Gasteiger charge is 2.61. The average molecular weight is 871 g/mol. The SMILES string of the molecule is CCN[C@H]1C[C@@H](C)O[C@@H](O[C@@H]2[C@@H](C)C(=O)[C@](C)(F)C(=O)O[C@H](CC)[C@@]3(C)OC(=O)N(CCCCn4c(C(F)(F)F)nc5ccccc54)C3[C@@H](C)C(=O)[C@H](C)C[C@@]2(C)OC)[C@H]1O. The lowest BCUT2D eigenvalue weighted by Gasteiger charge is -2.46. The highest BCUT2D eigenvalue weighted by molar-refractivity contribution is 6.08. The van der Waals surface area contributed by atoms with E-state index in [0.29, 0.717) is 18.5 Å². The molecule has 3 fully saturated rings. The summed E-state index contributed by atoms with van der Waals surface area (Å²) in [5, 5.41) is 14.6. The molecule has 13 atom stereocenters. The molecule has 61 heavy (non-hydrogen) atoms. The number of amides is 1. The Balaban J connectivity index is 1.49. The van der Waals surface area contributed by atoms with Gasteiger partial charge in [0.1, 0.15) is 18.0 Å². The van der Waals surface area contributed by atoms with Crippen LogP contribution in [0, 0.1) is 17.8 Å². The number of benzene rings is 1. The number of nitrogens with zero attached hydrogens (tertiary/aromatic N) is 3. The van der Waals surface area contributed by atoms with Gasteiger partial charge < -0.3 is 43.6 Å². The summed E-state index contributed by atoms with van der Waals surface area (Å²) in [4.78, 5) is 61.8. The number of aromatic nitrogens is 2. The first-order valence-corrected chi connectivity index (χ1v) is 21.2. The molecule has 1 unspecified atom stereocenters. The number of aryl methyl sites for hydroxylation is 1. The number of aliphatic hydroxyl groups excluding tert-OH is 1. The van der Waals surface area contributed by atoms with Gasteiger partial charge in [0.15, 0.2) is 17.7 Å². The maximum atomic E-state index is 16.9. The molecule has 1 aromatic carbocycles. The fourth-order valence-corrected chi connectivity index (χ4v) is 9.76. The number of rotatable bonds is 11. The first-order valence-electron chi connectivity index (χ1n) is 21.2. The molecule has 5 rings (SSSR count). The highest BCUT2D eigenvalue weighted by Crippen LogP contribution is 2.44. The Hall–Kier alpha value is -3.71. The number of ketones is 2. The summed E-state index contributed by atoms with van der Waals surface area (Å²) in [6, 6.07) is 4.70. The van der Waals surface area contributed by atoms with E-state index in [1.54, 1.807) is 52.8 Å². The molecule has 3 aliphatic rings. The van der Waals surface area contributed by atoms with Gasteiger partial charge in [-0.1, -0.05) is 46.8 Å². The number of nitrogens with one attached hydrogen (secondary N) is 1. The minimum Gasteiger partial charge on any atom is -0.455 e. The molecular formula is C43H62F4N4O10. The lowest BCUT2D eigenvalue weighted by molar-refractivity contribution is -0.290. The smallest absolute Gasteiger partial charge is 0.449 e. The number of Topliss-reactive ketones (excluding diaryl/α,β-unsaturated/α-hetero) is 2. The molecule has 342 valence electrons. The Bertz CT molecular complexity index is 1910. The number of imidazole rings is 1. The number of fused-ring (bicyclic) bond motifs is 2. The Morgan fingerprint density at radius 3 is 2.28 bits per heavy atom. The van der Waals surface area contributed by atoms with E-state index in [1.807, 2.05) is 6.92 Å². The molecule has 0 aliphatic carbocycles. The summed E-state index contributed by atoms with van der Waals surface area (Å²) in [5.74, 6) is -7.42. The van der Waals surface area contributed by atoms with Crippen molar-refractivity contribution in [2.24, 2.45) is 17.8 Å². The quantitative estimate of drug-likeness (QED) is 0.114. The van der Waals surface area contributed by atoms with Crippen LogP contribution in [0.4, 0.5) is 22.4 Å². The molecule has 1 aromatic heterocycles. The first-order chi connectivity index (χ1) is 28.5. The molecule has 2 aromatic rings. The van der Waals surface area contributed by atoms with Crippen molar-refractivity contribution in [3.05, 3.63) is 30.1 Å². The van der Waals surface area contributed by atoms with Gasteiger partial charge in [-0.2, -0.15) is 13.2 Å². The van der Waals surface area contributed by atoms with Gasteiger partial charge in [-0.3, -0.25) is 9.59 Å². The van der Waals surface area contributed by atoms with E-state index in [2.05, 4.69) is 10.3 Å². The minimum atomic E-state index is -4.72. The number of esters is 1. The van der Waals surface area contributed by atoms with Crippen LogP contribution in [0.15, 0.2) is 24.3 Å². The number of halogens is 4. The van der Waals surface area contributed by atoms with Gasteiger partial charge in [-0.15, -0.1) is 0 Å². The van der Waals surface area contributed by atoms with Crippen LogP contribution >= 0.6 is 0 Å². The van der Waals surface area contributed by atoms with Crippen LogP contribution in [-0.4, -0.2) is 123 Å². The highest BCUT2D eigenvalue weighted by atomic mass is 19.4. The van der Waals surface area contributed by atoms with Crippen LogP contribution in [0.3, 0.4) is 0 Å². The van der Waals surface area contributed by atoms with Gasteiger partial charge in [0.2, 0.25) is 5.82 Å². The number of unbranched alkanes of at least 4 members (excludes halogenated alkanes) is 1. The maximum Gasteiger partial charge on any atom is 0.449 e. The summed E-state index contributed by atoms with van der Waals surface area (Å²) in [7, 11) is 1.35. The summed E-state index contributed by atoms with van der Waals surface area (Å²) in [6.07, 6.45) is -10.5. The normalized spacial score (nSPS) is 37.1. The first kappa shape index (κ1) is 48.3. The lowest BCUT2D eigenvalue weighted by atomic mass is 9.73. The fraction of sp³-hybridized carbons (Fsp3) is 0.744. The van der Waals surface area contributed by atoms with Crippen molar-refractivity contribution in [3.63, 3.8) is 0 Å². The van der Waals surface area contributed by atoms with Crippen LogP contribution in [-0.2, 0) is 50.8 Å². The third-order valence-corrected chi connectivity index (χ3v) is 13.0. The number of methoxy groups -OCH3 is 1. The second-order valence-corrected chi connectivity index (χ2v) is 17.5. The van der Waals surface area contributed by atoms with Crippen LogP contribution in [0.25, 0.3) is 11.0 Å². The summed E-state index contributed by atoms with van der Waals surface area (Å²) in [5.41, 5.74) is -6.04. The van der Waals surface area contributed by atoms with Crippen molar-refractivity contribution in [3.8, 4) is 0 Å². The van der Waals surface area contributed by atoms with Crippen molar-refractivity contribution < 1.29 is 65.5 Å². The van der Waals surface area contributed by atoms with Gasteiger partial charge in [0.05, 0.1) is 34.9 Å². The fourth-order valence-electron chi connectivity index (χ4n) is 9.76. The van der Waals surface area contributed by atoms with Gasteiger partial charge >= 0.3 is 18.2 Å². The number of alkyl halides is 4. The Labute approximate surface area is 354 Å². The predicted molar refractivity (Wildman–Crippen MR) is 214 cm³/mol. The van der Waals surface area contributed by atoms with Crippen molar-refractivity contribution in [1.82, 2.24) is 19.8 Å². The zero-order valence-corrected chi connectivity index (χ0v) is 36.7. The van der Waals surface area contributed by atoms with Gasteiger partial charge in [-0.05, 0) is 78.5 Å². The molecule has 0 saturated carbocycles. The molecule has 2 N–H and O–H groups in total. The van der Waals surface area contributed by atoms with Gasteiger partial charge in [0, 0.05) is 44.0 Å². The lowest BCUT2D eigenvalue weighted by Crippen LogP contribution is -2.62. The molecule has 3 saturated heterocycles. The number of cyclic esters (lactones) is 1. The number of hydrogen-bond acceptors (Lipinski definition) is 12. The van der Waals surface area contributed by atoms with E-state index in [9.17, 15) is 37.5 Å². The monoisotopic (exact) mass is 870 g/mol. The van der Waals surface area contributed by atoms with Crippen molar-refractivity contribution in [2.45, 2.75) is 167 Å². The second kappa shape index (κ2) is 18.6. The van der Waals surface area contributed by atoms with Crippen LogP contribution < -0.4 is 5.32 Å². The van der Waals surface area contributed by atoms with Crippen LogP contribution in [0.1, 0.15) is 100 Å². The van der Waals surface area contributed by atoms with E-state index >= 15 is 4.39 Å². The summed E-state index contributed by atoms with van der Waals surface area (Å²) < 4.78 is 90.3. The van der Waals surface area contributed by atoms with Crippen molar-refractivity contribution in [2.75, 3.05) is 20.2 Å². The second-order valence-electron chi connectivity index (χ2n) is 17.5. The number of carbonyl (C=O) groups excluding carboxylic acids is 4. The van der Waals surface area contributed by atoms with Gasteiger partial charge in [0.25, 0.3) is 5.67 Å². The number of ether oxygens (including phenoxy) is 5. The third-order valence-electron chi connectivity index (χ3n) is 13.0. The molecular weight excluding hydrogens is 808 g/mol. The number of carbonyl (C=O) groups is 4. The topological polar surface area (TPSA) is 168 Å². The molecule has 18 heteroatoms. The number of para-hydroxylation sites is 2. The zero-order chi connectivity index (χ0) is 45.4. The largest absolute Gasteiger partial charge is 0.455 e. The van der Waals surface area contributed by atoms with Gasteiger partial charge in [-0.25, -0.2) is 19.0 Å². The third kappa shape index (κ3) is 9.48. The van der Waals surface area contributed by atoms with Crippen molar-refractivity contribution >= 4 is 34.7 Å². The molecule has 0 bridgehead atoms. The molecule has 3 aliphatic heterocycles. The summed E-state index contributed by atoms with van der Waals surface area (Å²) in [6.45, 7) is 14.2. The van der Waals surface area contributed by atoms with Crippen molar-refractivity contribution in [1.29, 1.82) is 0 Å². The van der Waals surface area contributed by atoms with Crippen LogP contribution in [0.5, 0.6) is 0 Å². The Morgan fingerprint density at radius 1 is 1.00 bits per heavy atom. The molecule has 1 amide bonds. The number of hydrogen-bond donors (Lipinski definition) is 2. The molecule has 0 spiro atoms. The Kier molecular flexibility index (Phi) is 14.7. The molecule has 0 radical (unpaired) electrons. The number of aliphatic hydroxyl groups is 1. The molecule has 14 nitrogen and oxygen atoms in total. The molecule has 4 heterocycles. The van der Waals surface area contributed by atoms with E-state index in [-0.39, 0.29) is 56.2 Å². The van der Waals surface area contributed by atoms with E-state index in [4.69, 9.17) is 23.7 Å². The summed E-state index contributed by atoms with van der Waals surface area (Å²) >= 11 is 0. The van der Waals surface area contributed by atoms with Crippen LogP contribution in [0.2, 0.25) is 0 Å². The standard InChI is InChI=1S/C43H62F4N4O10/c1-11-30-42(9)33(51(39(56)61-42)20-16-15-19-50-29-18-14-13-17-27(29)49-37(50)43(45,46)47)25(5)31(52)23(3)22-40(7,57-10)35(26(6)34(54)41(8,44)38(55)59-30)60-36-32(53)28(48-12-2)21-24(4)58-36/h13-14,17-18,23-26,28,30,32-33,35-36,48,53H,11-12,15-16,19-22H2,1-10H3/t23-,24-,25+,26+,28+,30-,32+,33?,35-,36+,40-,41+,42-/m1/s1. The Morgan fingerprint density at radius 2 is 1.66 bits per heavy atom. The minimum absolute atomic E-state index is 0.0143. The average Bonchev–Trinajstić information content (AvgIpc) is 3.71.